The molecule has 2 aromatic rings. The van der Waals surface area contributed by atoms with Gasteiger partial charge in [-0.1, -0.05) is 11.6 Å². The summed E-state index contributed by atoms with van der Waals surface area (Å²) in [5.74, 6) is 2.06. The van der Waals surface area contributed by atoms with E-state index in [0.29, 0.717) is 28.3 Å². The lowest BCUT2D eigenvalue weighted by Gasteiger charge is -2.39. The standard InChI is InChI=1S/C19H22ClN5O2/c20-15-8-21-10-22-18(15)23-12-6-13-3-4-14(7-12)25(13)19(26)16-9-27-17(24-16)5-11-1-2-11/h8-14H,1-7H2,(H,21,22,23). The van der Waals surface area contributed by atoms with Crippen LogP contribution in [0, 0.1) is 5.92 Å². The second-order valence-corrected chi connectivity index (χ2v) is 8.31. The Bertz CT molecular complexity index is 838. The number of nitrogens with zero attached hydrogens (tertiary/aromatic N) is 4. The zero-order chi connectivity index (χ0) is 18.4. The number of rotatable bonds is 5. The van der Waals surface area contributed by atoms with E-state index < -0.39 is 0 Å². The fraction of sp³-hybridized carbons (Fsp3) is 0.579. The van der Waals surface area contributed by atoms with Crippen LogP contribution in [0.15, 0.2) is 23.2 Å². The van der Waals surface area contributed by atoms with Crippen molar-refractivity contribution in [1.82, 2.24) is 19.9 Å². The lowest BCUT2D eigenvalue weighted by molar-refractivity contribution is 0.0576. The minimum Gasteiger partial charge on any atom is -0.448 e. The summed E-state index contributed by atoms with van der Waals surface area (Å²) in [5.41, 5.74) is 0.452. The summed E-state index contributed by atoms with van der Waals surface area (Å²) >= 11 is 6.16. The van der Waals surface area contributed by atoms with Crippen molar-refractivity contribution in [2.24, 2.45) is 5.92 Å². The van der Waals surface area contributed by atoms with Gasteiger partial charge in [0.2, 0.25) is 0 Å². The van der Waals surface area contributed by atoms with E-state index in [-0.39, 0.29) is 24.0 Å². The van der Waals surface area contributed by atoms with E-state index in [4.69, 9.17) is 16.0 Å². The Labute approximate surface area is 162 Å². The lowest BCUT2D eigenvalue weighted by atomic mass is 9.97. The summed E-state index contributed by atoms with van der Waals surface area (Å²) in [6.45, 7) is 0. The number of aromatic nitrogens is 3. The highest BCUT2D eigenvalue weighted by atomic mass is 35.5. The van der Waals surface area contributed by atoms with Gasteiger partial charge in [-0.2, -0.15) is 0 Å². The highest BCUT2D eigenvalue weighted by molar-refractivity contribution is 6.32. The van der Waals surface area contributed by atoms with Gasteiger partial charge in [-0.05, 0) is 44.4 Å². The quantitative estimate of drug-likeness (QED) is 0.847. The van der Waals surface area contributed by atoms with Gasteiger partial charge in [0.1, 0.15) is 23.4 Å². The van der Waals surface area contributed by atoms with E-state index in [0.717, 1.165) is 32.1 Å². The molecular formula is C19H22ClN5O2. The Kier molecular flexibility index (Phi) is 4.27. The van der Waals surface area contributed by atoms with Gasteiger partial charge in [-0.15, -0.1) is 0 Å². The summed E-state index contributed by atoms with van der Waals surface area (Å²) in [5, 5.41) is 3.95. The monoisotopic (exact) mass is 387 g/mol. The van der Waals surface area contributed by atoms with Crippen LogP contribution in [-0.4, -0.2) is 43.9 Å². The Hall–Kier alpha value is -2.15. The maximum Gasteiger partial charge on any atom is 0.276 e. The molecular weight excluding hydrogens is 366 g/mol. The maximum absolute atomic E-state index is 13.0. The molecule has 0 radical (unpaired) electrons. The van der Waals surface area contributed by atoms with Crippen LogP contribution in [0.1, 0.15) is 54.9 Å². The Morgan fingerprint density at radius 3 is 2.74 bits per heavy atom. The third-order valence-corrected chi connectivity index (χ3v) is 6.18. The van der Waals surface area contributed by atoms with Gasteiger partial charge in [-0.3, -0.25) is 4.79 Å². The van der Waals surface area contributed by atoms with Crippen molar-refractivity contribution in [3.05, 3.63) is 35.4 Å². The van der Waals surface area contributed by atoms with Crippen LogP contribution in [0.25, 0.3) is 0 Å². The first-order chi connectivity index (χ1) is 13.2. The largest absolute Gasteiger partial charge is 0.448 e. The molecule has 3 fully saturated rings. The summed E-state index contributed by atoms with van der Waals surface area (Å²) in [4.78, 5) is 27.7. The van der Waals surface area contributed by atoms with Gasteiger partial charge in [-0.25, -0.2) is 15.0 Å². The molecule has 1 N–H and O–H groups in total. The van der Waals surface area contributed by atoms with Crippen molar-refractivity contribution in [1.29, 1.82) is 0 Å². The lowest BCUT2D eigenvalue weighted by Crippen LogP contribution is -2.49. The number of oxazole rings is 1. The first kappa shape index (κ1) is 17.0. The molecule has 0 aromatic carbocycles. The number of anilines is 1. The van der Waals surface area contributed by atoms with Crippen LogP contribution in [0.3, 0.4) is 0 Å². The van der Waals surface area contributed by atoms with E-state index in [1.54, 1.807) is 6.20 Å². The summed E-state index contributed by atoms with van der Waals surface area (Å²) < 4.78 is 5.53. The molecule has 1 amide bonds. The molecule has 1 saturated carbocycles. The molecule has 2 atom stereocenters. The third kappa shape index (κ3) is 3.40. The topological polar surface area (TPSA) is 84.2 Å². The second kappa shape index (κ2) is 6.78. The fourth-order valence-electron chi connectivity index (χ4n) is 4.44. The number of carbonyl (C=O) groups excluding carboxylic acids is 1. The Morgan fingerprint density at radius 1 is 1.26 bits per heavy atom. The molecule has 2 bridgehead atoms. The average Bonchev–Trinajstić information content (AvgIpc) is 3.28. The van der Waals surface area contributed by atoms with Crippen LogP contribution in [0.2, 0.25) is 5.02 Å². The van der Waals surface area contributed by atoms with E-state index in [2.05, 4.69) is 20.3 Å². The predicted octanol–water partition coefficient (Wildman–Crippen LogP) is 3.32. The van der Waals surface area contributed by atoms with E-state index >= 15 is 0 Å². The number of piperidine rings is 1. The molecule has 3 aliphatic rings. The zero-order valence-electron chi connectivity index (χ0n) is 15.0. The highest BCUT2D eigenvalue weighted by Crippen LogP contribution is 2.38. The third-order valence-electron chi connectivity index (χ3n) is 5.91. The van der Waals surface area contributed by atoms with Crippen molar-refractivity contribution in [3.63, 3.8) is 0 Å². The van der Waals surface area contributed by atoms with Gasteiger partial charge in [0.25, 0.3) is 5.91 Å². The van der Waals surface area contributed by atoms with Gasteiger partial charge in [0.15, 0.2) is 11.6 Å². The van der Waals surface area contributed by atoms with E-state index in [9.17, 15) is 4.79 Å². The van der Waals surface area contributed by atoms with Gasteiger partial charge in [0, 0.05) is 24.5 Å². The van der Waals surface area contributed by atoms with Crippen molar-refractivity contribution >= 4 is 23.3 Å². The molecule has 7 nitrogen and oxygen atoms in total. The van der Waals surface area contributed by atoms with Crippen LogP contribution >= 0.6 is 11.6 Å². The molecule has 2 saturated heterocycles. The minimum absolute atomic E-state index is 0.00631. The number of nitrogens with one attached hydrogen (secondary N) is 1. The number of hydrogen-bond acceptors (Lipinski definition) is 6. The highest BCUT2D eigenvalue weighted by Gasteiger charge is 2.44. The number of amides is 1. The molecule has 2 aliphatic heterocycles. The van der Waals surface area contributed by atoms with Crippen LogP contribution in [0.5, 0.6) is 0 Å². The summed E-state index contributed by atoms with van der Waals surface area (Å²) in [6.07, 6.45) is 11.8. The normalized spacial score (nSPS) is 27.0. The summed E-state index contributed by atoms with van der Waals surface area (Å²) in [6, 6.07) is 0.692. The summed E-state index contributed by atoms with van der Waals surface area (Å²) in [7, 11) is 0. The first-order valence-electron chi connectivity index (χ1n) is 9.66. The predicted molar refractivity (Wildman–Crippen MR) is 99.6 cm³/mol. The Balaban J connectivity index is 1.26. The van der Waals surface area contributed by atoms with E-state index in [1.165, 1.54) is 25.4 Å². The van der Waals surface area contributed by atoms with Gasteiger partial charge in [0.05, 0.1) is 6.20 Å². The number of fused-ring (bicyclic) bond motifs is 2. The second-order valence-electron chi connectivity index (χ2n) is 7.90. The van der Waals surface area contributed by atoms with Crippen LogP contribution in [0.4, 0.5) is 5.82 Å². The molecule has 0 spiro atoms. The molecule has 142 valence electrons. The molecule has 2 aromatic heterocycles. The smallest absolute Gasteiger partial charge is 0.276 e. The molecule has 8 heteroatoms. The van der Waals surface area contributed by atoms with Gasteiger partial charge >= 0.3 is 0 Å². The molecule has 1 aliphatic carbocycles. The maximum atomic E-state index is 13.0. The average molecular weight is 388 g/mol. The first-order valence-corrected chi connectivity index (χ1v) is 10.0. The molecule has 2 unspecified atom stereocenters. The Morgan fingerprint density at radius 2 is 2.04 bits per heavy atom. The minimum atomic E-state index is 0.00631. The van der Waals surface area contributed by atoms with Crippen molar-refractivity contribution in [2.45, 2.75) is 63.1 Å². The van der Waals surface area contributed by atoms with Gasteiger partial charge < -0.3 is 14.6 Å². The number of halogens is 1. The number of hydrogen-bond donors (Lipinski definition) is 1. The van der Waals surface area contributed by atoms with E-state index in [1.807, 2.05) is 4.90 Å². The SMILES string of the molecule is O=C(c1coc(CC2CC2)n1)N1C2CCC1CC(Nc1ncncc1Cl)C2. The fourth-order valence-corrected chi connectivity index (χ4v) is 4.60. The van der Waals surface area contributed by atoms with Crippen LogP contribution in [-0.2, 0) is 6.42 Å². The van der Waals surface area contributed by atoms with Crippen molar-refractivity contribution in [2.75, 3.05) is 5.32 Å². The van der Waals surface area contributed by atoms with Crippen molar-refractivity contribution in [3.8, 4) is 0 Å². The van der Waals surface area contributed by atoms with Crippen molar-refractivity contribution < 1.29 is 9.21 Å². The molecule has 4 heterocycles. The zero-order valence-corrected chi connectivity index (χ0v) is 15.7. The number of carbonyl (C=O) groups is 1. The molecule has 5 rings (SSSR count). The molecule has 27 heavy (non-hydrogen) atoms. The van der Waals surface area contributed by atoms with Crippen LogP contribution < -0.4 is 5.32 Å².